The van der Waals surface area contributed by atoms with Crippen molar-refractivity contribution in [3.8, 4) is 11.8 Å². The molecule has 0 bridgehead atoms. The Morgan fingerprint density at radius 3 is 2.70 bits per heavy atom. The predicted molar refractivity (Wildman–Crippen MR) is 79.6 cm³/mol. The van der Waals surface area contributed by atoms with Gasteiger partial charge in [0.25, 0.3) is 0 Å². The Morgan fingerprint density at radius 1 is 1.25 bits per heavy atom. The SMILES string of the molecule is N#Cc1cccc(COc2cc(Cl)c(Br)cc2Cl)c1F. The second kappa shape index (κ2) is 6.45. The predicted octanol–water partition coefficient (Wildman–Crippen LogP) is 5.35. The minimum Gasteiger partial charge on any atom is -0.487 e. The first-order valence-corrected chi connectivity index (χ1v) is 7.02. The lowest BCUT2D eigenvalue weighted by atomic mass is 10.1. The molecule has 0 aliphatic rings. The van der Waals surface area contributed by atoms with Crippen molar-refractivity contribution in [3.63, 3.8) is 0 Å². The molecule has 0 aliphatic carbocycles. The van der Waals surface area contributed by atoms with Crippen LogP contribution in [-0.2, 0) is 6.61 Å². The maximum atomic E-state index is 13.9. The molecule has 102 valence electrons. The standard InChI is InChI=1S/C14H7BrCl2FNO/c15-10-4-12(17)13(5-11(10)16)20-7-9-3-1-2-8(6-19)14(9)18/h1-5H,7H2. The third-order valence-electron chi connectivity index (χ3n) is 2.56. The van der Waals surface area contributed by atoms with Gasteiger partial charge in [-0.15, -0.1) is 0 Å². The topological polar surface area (TPSA) is 33.0 Å². The van der Waals surface area contributed by atoms with Gasteiger partial charge in [0.15, 0.2) is 0 Å². The van der Waals surface area contributed by atoms with Gasteiger partial charge in [-0.1, -0.05) is 35.3 Å². The fourth-order valence-corrected chi connectivity index (χ4v) is 2.40. The molecule has 0 spiro atoms. The van der Waals surface area contributed by atoms with E-state index in [2.05, 4.69) is 15.9 Å². The fraction of sp³-hybridized carbons (Fsp3) is 0.0714. The Balaban J connectivity index is 2.22. The van der Waals surface area contributed by atoms with E-state index in [1.54, 1.807) is 30.3 Å². The highest BCUT2D eigenvalue weighted by Gasteiger charge is 2.11. The van der Waals surface area contributed by atoms with Crippen molar-refractivity contribution in [3.05, 3.63) is 61.8 Å². The highest BCUT2D eigenvalue weighted by atomic mass is 79.9. The molecule has 2 nitrogen and oxygen atoms in total. The third-order valence-corrected chi connectivity index (χ3v) is 4.05. The Kier molecular flexibility index (Phi) is 4.87. The molecular weight excluding hydrogens is 368 g/mol. The van der Waals surface area contributed by atoms with Crippen molar-refractivity contribution in [2.24, 2.45) is 0 Å². The van der Waals surface area contributed by atoms with Crippen molar-refractivity contribution in [1.82, 2.24) is 0 Å². The summed E-state index contributed by atoms with van der Waals surface area (Å²) in [5.74, 6) is -0.240. The molecule has 2 aromatic carbocycles. The first kappa shape index (κ1) is 15.1. The van der Waals surface area contributed by atoms with Gasteiger partial charge in [-0.05, 0) is 28.1 Å². The first-order chi connectivity index (χ1) is 9.52. The average molecular weight is 375 g/mol. The van der Waals surface area contributed by atoms with Crippen molar-refractivity contribution >= 4 is 39.1 Å². The van der Waals surface area contributed by atoms with E-state index >= 15 is 0 Å². The highest BCUT2D eigenvalue weighted by molar-refractivity contribution is 9.10. The van der Waals surface area contributed by atoms with Gasteiger partial charge in [0.05, 0.1) is 15.6 Å². The summed E-state index contributed by atoms with van der Waals surface area (Å²) >= 11 is 15.2. The lowest BCUT2D eigenvalue weighted by molar-refractivity contribution is 0.300. The molecule has 2 aromatic rings. The van der Waals surface area contributed by atoms with E-state index in [0.29, 0.717) is 20.3 Å². The largest absolute Gasteiger partial charge is 0.487 e. The van der Waals surface area contributed by atoms with Crippen LogP contribution in [0.2, 0.25) is 10.0 Å². The van der Waals surface area contributed by atoms with Crippen LogP contribution in [-0.4, -0.2) is 0 Å². The minimum absolute atomic E-state index is 0.0222. The summed E-state index contributed by atoms with van der Waals surface area (Å²) < 4.78 is 20.0. The lowest BCUT2D eigenvalue weighted by Crippen LogP contribution is -2.00. The molecule has 0 heterocycles. The minimum atomic E-state index is -0.589. The van der Waals surface area contributed by atoms with Gasteiger partial charge in [0.1, 0.15) is 24.2 Å². The Hall–Kier alpha value is -1.28. The highest BCUT2D eigenvalue weighted by Crippen LogP contribution is 2.34. The summed E-state index contributed by atoms with van der Waals surface area (Å²) in [6.07, 6.45) is 0. The van der Waals surface area contributed by atoms with Crippen molar-refractivity contribution < 1.29 is 9.13 Å². The van der Waals surface area contributed by atoms with Crippen molar-refractivity contribution in [2.75, 3.05) is 0 Å². The zero-order valence-electron chi connectivity index (χ0n) is 9.96. The van der Waals surface area contributed by atoms with Crippen LogP contribution >= 0.6 is 39.1 Å². The smallest absolute Gasteiger partial charge is 0.147 e. The molecule has 0 unspecified atom stereocenters. The first-order valence-electron chi connectivity index (χ1n) is 5.47. The summed E-state index contributed by atoms with van der Waals surface area (Å²) in [6.45, 7) is -0.0426. The molecule has 20 heavy (non-hydrogen) atoms. The molecule has 0 aromatic heterocycles. The number of benzene rings is 2. The second-order valence-corrected chi connectivity index (χ2v) is 5.54. The number of nitrogens with zero attached hydrogens (tertiary/aromatic N) is 1. The van der Waals surface area contributed by atoms with E-state index in [4.69, 9.17) is 33.2 Å². The molecule has 0 fully saturated rings. The van der Waals surface area contributed by atoms with Gasteiger partial charge in [0.2, 0.25) is 0 Å². The number of hydrogen-bond donors (Lipinski definition) is 0. The van der Waals surface area contributed by atoms with Crippen LogP contribution in [0.5, 0.6) is 5.75 Å². The molecule has 0 radical (unpaired) electrons. The summed E-state index contributed by atoms with van der Waals surface area (Å²) in [6, 6.07) is 9.46. The Morgan fingerprint density at radius 2 is 2.00 bits per heavy atom. The van der Waals surface area contributed by atoms with Crippen LogP contribution in [0.4, 0.5) is 4.39 Å². The van der Waals surface area contributed by atoms with E-state index in [0.717, 1.165) is 0 Å². The Labute approximate surface area is 133 Å². The maximum absolute atomic E-state index is 13.9. The van der Waals surface area contributed by atoms with E-state index in [1.165, 1.54) is 6.07 Å². The van der Waals surface area contributed by atoms with Crippen LogP contribution in [0, 0.1) is 17.1 Å². The summed E-state index contributed by atoms with van der Waals surface area (Å²) in [4.78, 5) is 0. The summed E-state index contributed by atoms with van der Waals surface area (Å²) in [7, 11) is 0. The molecule has 0 atom stereocenters. The van der Waals surface area contributed by atoms with Gasteiger partial charge in [-0.25, -0.2) is 4.39 Å². The van der Waals surface area contributed by atoms with E-state index in [9.17, 15) is 4.39 Å². The van der Waals surface area contributed by atoms with Gasteiger partial charge >= 0.3 is 0 Å². The number of ether oxygens (including phenoxy) is 1. The zero-order chi connectivity index (χ0) is 14.7. The monoisotopic (exact) mass is 373 g/mol. The Bertz CT molecular complexity index is 700. The molecule has 0 saturated heterocycles. The van der Waals surface area contributed by atoms with E-state index in [1.807, 2.05) is 0 Å². The summed E-state index contributed by atoms with van der Waals surface area (Å²) in [5.41, 5.74) is 0.255. The number of hydrogen-bond acceptors (Lipinski definition) is 2. The van der Waals surface area contributed by atoms with Gasteiger partial charge in [0, 0.05) is 16.1 Å². The van der Waals surface area contributed by atoms with Gasteiger partial charge in [-0.3, -0.25) is 0 Å². The third kappa shape index (κ3) is 3.24. The fourth-order valence-electron chi connectivity index (χ4n) is 1.55. The van der Waals surface area contributed by atoms with Crippen molar-refractivity contribution in [2.45, 2.75) is 6.61 Å². The molecule has 6 heteroatoms. The van der Waals surface area contributed by atoms with Crippen LogP contribution < -0.4 is 4.74 Å². The number of halogens is 4. The van der Waals surface area contributed by atoms with Gasteiger partial charge < -0.3 is 4.74 Å². The van der Waals surface area contributed by atoms with E-state index < -0.39 is 5.82 Å². The second-order valence-electron chi connectivity index (χ2n) is 3.88. The van der Waals surface area contributed by atoms with Crippen LogP contribution in [0.15, 0.2) is 34.8 Å². The average Bonchev–Trinajstić information content (AvgIpc) is 2.43. The van der Waals surface area contributed by atoms with Crippen LogP contribution in [0.3, 0.4) is 0 Å². The molecule has 2 rings (SSSR count). The normalized spacial score (nSPS) is 10.2. The molecule has 0 amide bonds. The zero-order valence-corrected chi connectivity index (χ0v) is 13.1. The molecule has 0 aliphatic heterocycles. The van der Waals surface area contributed by atoms with E-state index in [-0.39, 0.29) is 17.7 Å². The van der Waals surface area contributed by atoms with Crippen LogP contribution in [0.25, 0.3) is 0 Å². The maximum Gasteiger partial charge on any atom is 0.147 e. The number of rotatable bonds is 3. The lowest BCUT2D eigenvalue weighted by Gasteiger charge is -2.10. The summed E-state index contributed by atoms with van der Waals surface area (Å²) in [5, 5.41) is 9.56. The molecule has 0 saturated carbocycles. The van der Waals surface area contributed by atoms with Crippen molar-refractivity contribution in [1.29, 1.82) is 5.26 Å². The van der Waals surface area contributed by atoms with Gasteiger partial charge in [-0.2, -0.15) is 5.26 Å². The molecular formula is C14H7BrCl2FNO. The quantitative estimate of drug-likeness (QED) is 0.678. The number of nitriles is 1. The molecule has 0 N–H and O–H groups in total. The van der Waals surface area contributed by atoms with Crippen LogP contribution in [0.1, 0.15) is 11.1 Å².